The van der Waals surface area contributed by atoms with E-state index >= 15 is 0 Å². The van der Waals surface area contributed by atoms with Crippen LogP contribution in [0.25, 0.3) is 0 Å². The Labute approximate surface area is 112 Å². The Kier molecular flexibility index (Phi) is 5.27. The predicted octanol–water partition coefficient (Wildman–Crippen LogP) is 2.72. The number of imidazole rings is 1. The van der Waals surface area contributed by atoms with Crippen LogP contribution in [-0.2, 0) is 11.3 Å². The molecule has 1 fully saturated rings. The van der Waals surface area contributed by atoms with Gasteiger partial charge in [-0.15, -0.1) is 0 Å². The molecule has 0 spiro atoms. The van der Waals surface area contributed by atoms with Gasteiger partial charge in [-0.05, 0) is 32.2 Å². The van der Waals surface area contributed by atoms with Gasteiger partial charge in [0.15, 0.2) is 0 Å². The van der Waals surface area contributed by atoms with Gasteiger partial charge in [0.2, 0.25) is 0 Å². The number of rotatable bonds is 6. The van der Waals surface area contributed by atoms with Crippen LogP contribution in [0, 0.1) is 0 Å². The summed E-state index contributed by atoms with van der Waals surface area (Å²) in [6.07, 6.45) is 6.96. The molecule has 0 radical (unpaired) electrons. The summed E-state index contributed by atoms with van der Waals surface area (Å²) in [6, 6.07) is 0.577. The highest BCUT2D eigenvalue weighted by atomic mass is 19.3. The van der Waals surface area contributed by atoms with Gasteiger partial charge in [0.1, 0.15) is 12.4 Å². The van der Waals surface area contributed by atoms with Gasteiger partial charge in [-0.25, -0.2) is 4.98 Å². The first-order chi connectivity index (χ1) is 9.20. The van der Waals surface area contributed by atoms with Crippen molar-refractivity contribution in [3.05, 3.63) is 18.2 Å². The summed E-state index contributed by atoms with van der Waals surface area (Å²) < 4.78 is 31.8. The smallest absolute Gasteiger partial charge is 0.320 e. The van der Waals surface area contributed by atoms with Crippen LogP contribution in [0.3, 0.4) is 0 Å². The number of aromatic nitrogens is 2. The molecule has 0 aromatic carbocycles. The molecule has 1 aliphatic rings. The fourth-order valence-electron chi connectivity index (χ4n) is 2.55. The third-order valence-corrected chi connectivity index (χ3v) is 3.57. The lowest BCUT2D eigenvalue weighted by molar-refractivity contribution is -0.00149. The molecule has 1 aromatic rings. The molecule has 0 aliphatic heterocycles. The SMILES string of the molecule is CCNC1CCC(OCc2nccn2C(F)F)CC1. The Morgan fingerprint density at radius 1 is 1.42 bits per heavy atom. The first-order valence-corrected chi connectivity index (χ1v) is 6.85. The number of ether oxygens (including phenoxy) is 1. The average Bonchev–Trinajstić information content (AvgIpc) is 2.87. The van der Waals surface area contributed by atoms with E-state index in [0.717, 1.165) is 36.8 Å². The molecule has 2 rings (SSSR count). The summed E-state index contributed by atoms with van der Waals surface area (Å²) in [7, 11) is 0. The molecular formula is C13H21F2N3O. The Morgan fingerprint density at radius 2 is 2.16 bits per heavy atom. The molecule has 1 saturated carbocycles. The van der Waals surface area contributed by atoms with E-state index in [9.17, 15) is 8.78 Å². The minimum absolute atomic E-state index is 0.161. The zero-order valence-electron chi connectivity index (χ0n) is 11.2. The first kappa shape index (κ1) is 14.4. The second kappa shape index (κ2) is 6.96. The molecular weight excluding hydrogens is 252 g/mol. The normalized spacial score (nSPS) is 24.0. The third-order valence-electron chi connectivity index (χ3n) is 3.57. The number of alkyl halides is 2. The molecule has 108 valence electrons. The monoisotopic (exact) mass is 273 g/mol. The van der Waals surface area contributed by atoms with E-state index in [1.54, 1.807) is 0 Å². The summed E-state index contributed by atoms with van der Waals surface area (Å²) in [4.78, 5) is 3.91. The van der Waals surface area contributed by atoms with Crippen LogP contribution in [0.1, 0.15) is 45.0 Å². The quantitative estimate of drug-likeness (QED) is 0.866. The maximum absolute atomic E-state index is 12.6. The summed E-state index contributed by atoms with van der Waals surface area (Å²) in [6.45, 7) is 0.702. The van der Waals surface area contributed by atoms with E-state index in [1.807, 2.05) is 0 Å². The first-order valence-electron chi connectivity index (χ1n) is 6.85. The Balaban J connectivity index is 1.76. The van der Waals surface area contributed by atoms with Gasteiger partial charge >= 0.3 is 6.55 Å². The van der Waals surface area contributed by atoms with E-state index < -0.39 is 6.55 Å². The van der Waals surface area contributed by atoms with Crippen LogP contribution < -0.4 is 5.32 Å². The summed E-state index contributed by atoms with van der Waals surface area (Å²) in [5.74, 6) is 0.295. The van der Waals surface area contributed by atoms with E-state index in [2.05, 4.69) is 17.2 Å². The van der Waals surface area contributed by atoms with Gasteiger partial charge in [0, 0.05) is 18.4 Å². The third kappa shape index (κ3) is 3.98. The van der Waals surface area contributed by atoms with Crippen LogP contribution in [0.5, 0.6) is 0 Å². The molecule has 1 N–H and O–H groups in total. The number of hydrogen-bond acceptors (Lipinski definition) is 3. The standard InChI is InChI=1S/C13H21F2N3O/c1-2-16-10-3-5-11(6-4-10)19-9-12-17-7-8-18(12)13(14)15/h7-8,10-11,13,16H,2-6,9H2,1H3. The van der Waals surface area contributed by atoms with Gasteiger partial charge in [0.05, 0.1) is 6.10 Å². The van der Waals surface area contributed by atoms with E-state index in [4.69, 9.17) is 4.74 Å². The van der Waals surface area contributed by atoms with Crippen LogP contribution in [-0.4, -0.2) is 28.2 Å². The topological polar surface area (TPSA) is 39.1 Å². The fourth-order valence-corrected chi connectivity index (χ4v) is 2.55. The molecule has 1 heterocycles. The minimum Gasteiger partial charge on any atom is -0.370 e. The molecule has 19 heavy (non-hydrogen) atoms. The highest BCUT2D eigenvalue weighted by Crippen LogP contribution is 2.22. The lowest BCUT2D eigenvalue weighted by Crippen LogP contribution is -2.35. The van der Waals surface area contributed by atoms with Crippen molar-refractivity contribution in [2.45, 2.75) is 57.9 Å². The van der Waals surface area contributed by atoms with Crippen molar-refractivity contribution >= 4 is 0 Å². The highest BCUT2D eigenvalue weighted by molar-refractivity contribution is 4.91. The van der Waals surface area contributed by atoms with Crippen LogP contribution >= 0.6 is 0 Å². The zero-order valence-corrected chi connectivity index (χ0v) is 11.2. The second-order valence-corrected chi connectivity index (χ2v) is 4.87. The molecule has 0 amide bonds. The fraction of sp³-hybridized carbons (Fsp3) is 0.769. The predicted molar refractivity (Wildman–Crippen MR) is 68.0 cm³/mol. The van der Waals surface area contributed by atoms with Crippen molar-refractivity contribution in [2.75, 3.05) is 6.54 Å². The van der Waals surface area contributed by atoms with Gasteiger partial charge < -0.3 is 10.1 Å². The molecule has 0 atom stereocenters. The van der Waals surface area contributed by atoms with Crippen LogP contribution in [0.4, 0.5) is 8.78 Å². The average molecular weight is 273 g/mol. The molecule has 0 unspecified atom stereocenters. The molecule has 0 bridgehead atoms. The molecule has 1 aliphatic carbocycles. The number of nitrogens with one attached hydrogen (secondary N) is 1. The Hall–Kier alpha value is -1.01. The van der Waals surface area contributed by atoms with Crippen LogP contribution in [0.15, 0.2) is 12.4 Å². The lowest BCUT2D eigenvalue weighted by atomic mass is 9.93. The molecule has 1 aromatic heterocycles. The minimum atomic E-state index is -2.55. The van der Waals surface area contributed by atoms with Gasteiger partial charge in [-0.1, -0.05) is 6.92 Å². The van der Waals surface area contributed by atoms with Crippen molar-refractivity contribution in [3.63, 3.8) is 0 Å². The maximum Gasteiger partial charge on any atom is 0.320 e. The van der Waals surface area contributed by atoms with Gasteiger partial charge in [-0.2, -0.15) is 8.78 Å². The van der Waals surface area contributed by atoms with Gasteiger partial charge in [0.25, 0.3) is 0 Å². The molecule has 6 heteroatoms. The molecule has 4 nitrogen and oxygen atoms in total. The van der Waals surface area contributed by atoms with E-state index in [1.165, 1.54) is 12.4 Å². The molecule has 0 saturated heterocycles. The lowest BCUT2D eigenvalue weighted by Gasteiger charge is -2.28. The van der Waals surface area contributed by atoms with Crippen molar-refractivity contribution < 1.29 is 13.5 Å². The van der Waals surface area contributed by atoms with Crippen LogP contribution in [0.2, 0.25) is 0 Å². The Morgan fingerprint density at radius 3 is 2.79 bits per heavy atom. The summed E-state index contributed by atoms with van der Waals surface area (Å²) in [5.41, 5.74) is 0. The largest absolute Gasteiger partial charge is 0.370 e. The van der Waals surface area contributed by atoms with Crippen molar-refractivity contribution in [1.82, 2.24) is 14.9 Å². The van der Waals surface area contributed by atoms with E-state index in [0.29, 0.717) is 11.9 Å². The summed E-state index contributed by atoms with van der Waals surface area (Å²) in [5, 5.41) is 3.43. The van der Waals surface area contributed by atoms with Gasteiger partial charge in [-0.3, -0.25) is 4.57 Å². The number of nitrogens with zero attached hydrogens (tertiary/aromatic N) is 2. The van der Waals surface area contributed by atoms with Crippen molar-refractivity contribution in [3.8, 4) is 0 Å². The number of hydrogen-bond donors (Lipinski definition) is 1. The van der Waals surface area contributed by atoms with Crippen molar-refractivity contribution in [2.24, 2.45) is 0 Å². The zero-order chi connectivity index (χ0) is 13.7. The maximum atomic E-state index is 12.6. The van der Waals surface area contributed by atoms with E-state index in [-0.39, 0.29) is 12.7 Å². The van der Waals surface area contributed by atoms with Crippen molar-refractivity contribution in [1.29, 1.82) is 0 Å². The Bertz CT molecular complexity index is 376. The highest BCUT2D eigenvalue weighted by Gasteiger charge is 2.21. The second-order valence-electron chi connectivity index (χ2n) is 4.87. The summed E-state index contributed by atoms with van der Waals surface area (Å²) >= 11 is 0. The number of halogens is 2.